The van der Waals surface area contributed by atoms with E-state index >= 15 is 0 Å². The van der Waals surface area contributed by atoms with Crippen LogP contribution in [0.5, 0.6) is 5.75 Å². The number of aromatic amines is 1. The molecule has 0 atom stereocenters. The van der Waals surface area contributed by atoms with E-state index < -0.39 is 0 Å². The Labute approximate surface area is 164 Å². The highest BCUT2D eigenvalue weighted by Gasteiger charge is 2.17. The summed E-state index contributed by atoms with van der Waals surface area (Å²) >= 11 is 0. The number of ether oxygens (including phenoxy) is 1. The van der Waals surface area contributed by atoms with E-state index in [1.807, 2.05) is 18.5 Å². The third-order valence-corrected chi connectivity index (χ3v) is 6.05. The van der Waals surface area contributed by atoms with Gasteiger partial charge in [0.25, 0.3) is 0 Å². The zero-order valence-electron chi connectivity index (χ0n) is 16.5. The Balaban J connectivity index is 1.69. The summed E-state index contributed by atoms with van der Waals surface area (Å²) in [5.41, 5.74) is 4.74. The van der Waals surface area contributed by atoms with Gasteiger partial charge in [0.2, 0.25) is 0 Å². The Hall–Kier alpha value is -2.79. The first-order chi connectivity index (χ1) is 13.8. The molecule has 3 heterocycles. The van der Waals surface area contributed by atoms with Crippen molar-refractivity contribution >= 4 is 38.3 Å². The summed E-state index contributed by atoms with van der Waals surface area (Å²) in [6.07, 6.45) is 6.51. The molecule has 5 nitrogen and oxygen atoms in total. The van der Waals surface area contributed by atoms with E-state index in [1.54, 1.807) is 7.11 Å². The van der Waals surface area contributed by atoms with Crippen LogP contribution in [0.2, 0.25) is 0 Å². The summed E-state index contributed by atoms with van der Waals surface area (Å²) in [5.74, 6) is 0.875. The first-order valence-corrected chi connectivity index (χ1v) is 10.1. The third-order valence-electron chi connectivity index (χ3n) is 6.05. The lowest BCUT2D eigenvalue weighted by Gasteiger charge is -2.18. The van der Waals surface area contributed by atoms with Crippen molar-refractivity contribution in [3.8, 4) is 5.75 Å². The van der Waals surface area contributed by atoms with Crippen LogP contribution < -0.4 is 10.1 Å². The second kappa shape index (κ2) is 6.99. The van der Waals surface area contributed by atoms with Crippen molar-refractivity contribution in [1.29, 1.82) is 0 Å². The van der Waals surface area contributed by atoms with E-state index in [1.165, 1.54) is 64.2 Å². The fraction of sp³-hybridized carbons (Fsp3) is 0.348. The maximum atomic E-state index is 5.49. The number of H-pyrrole nitrogens is 1. The lowest BCUT2D eigenvalue weighted by Crippen LogP contribution is -2.26. The molecule has 1 saturated heterocycles. The number of pyridine rings is 1. The van der Waals surface area contributed by atoms with E-state index in [0.29, 0.717) is 0 Å². The van der Waals surface area contributed by atoms with Crippen molar-refractivity contribution in [2.24, 2.45) is 0 Å². The number of benzene rings is 2. The number of fused-ring (bicyclic) bond motifs is 4. The second-order valence-electron chi connectivity index (χ2n) is 7.68. The summed E-state index contributed by atoms with van der Waals surface area (Å²) in [4.78, 5) is 10.6. The van der Waals surface area contributed by atoms with Crippen LogP contribution in [0.25, 0.3) is 32.6 Å². The molecule has 0 unspecified atom stereocenters. The molecule has 0 radical (unpaired) electrons. The normalized spacial score (nSPS) is 15.1. The molecule has 0 bridgehead atoms. The van der Waals surface area contributed by atoms with Crippen molar-refractivity contribution in [3.63, 3.8) is 0 Å². The van der Waals surface area contributed by atoms with Gasteiger partial charge >= 0.3 is 0 Å². The molecule has 0 aliphatic carbocycles. The number of nitrogens with one attached hydrogen (secondary N) is 2. The molecule has 1 aliphatic rings. The number of rotatable bonds is 5. The molecule has 2 N–H and O–H groups in total. The van der Waals surface area contributed by atoms with Gasteiger partial charge in [-0.15, -0.1) is 0 Å². The fourth-order valence-electron chi connectivity index (χ4n) is 4.56. The lowest BCUT2D eigenvalue weighted by atomic mass is 9.99. The average Bonchev–Trinajstić information content (AvgIpc) is 3.38. The monoisotopic (exact) mass is 374 g/mol. The fourth-order valence-corrected chi connectivity index (χ4v) is 4.56. The van der Waals surface area contributed by atoms with E-state index in [0.717, 1.165) is 24.4 Å². The van der Waals surface area contributed by atoms with Gasteiger partial charge in [-0.1, -0.05) is 0 Å². The maximum absolute atomic E-state index is 5.49. The van der Waals surface area contributed by atoms with E-state index in [4.69, 9.17) is 4.74 Å². The molecular formula is C23H26N4O. The predicted octanol–water partition coefficient (Wildman–Crippen LogP) is 4.69. The quantitative estimate of drug-likeness (QED) is 0.532. The SMILES string of the molecule is COc1ccc2[nH]c3c(C)c4ccncc4c(NCCN4CCCC4)c3c2c1. The van der Waals surface area contributed by atoms with E-state index in [-0.39, 0.29) is 0 Å². The summed E-state index contributed by atoms with van der Waals surface area (Å²) in [5, 5.41) is 8.59. The number of nitrogens with zero attached hydrogens (tertiary/aromatic N) is 2. The minimum absolute atomic E-state index is 0.875. The van der Waals surface area contributed by atoms with Gasteiger partial charge in [-0.05, 0) is 68.1 Å². The highest BCUT2D eigenvalue weighted by molar-refractivity contribution is 6.22. The van der Waals surface area contributed by atoms with Crippen LogP contribution in [-0.4, -0.2) is 48.2 Å². The van der Waals surface area contributed by atoms with Crippen molar-refractivity contribution in [2.45, 2.75) is 19.8 Å². The topological polar surface area (TPSA) is 53.2 Å². The number of hydrogen-bond donors (Lipinski definition) is 2. The highest BCUT2D eigenvalue weighted by atomic mass is 16.5. The van der Waals surface area contributed by atoms with Crippen LogP contribution in [0.15, 0.2) is 36.7 Å². The highest BCUT2D eigenvalue weighted by Crippen LogP contribution is 2.40. The van der Waals surface area contributed by atoms with Crippen LogP contribution >= 0.6 is 0 Å². The van der Waals surface area contributed by atoms with Crippen LogP contribution in [-0.2, 0) is 0 Å². The molecule has 2 aromatic heterocycles. The molecule has 144 valence electrons. The van der Waals surface area contributed by atoms with Crippen molar-refractivity contribution < 1.29 is 4.74 Å². The van der Waals surface area contributed by atoms with Crippen LogP contribution in [0.3, 0.4) is 0 Å². The maximum Gasteiger partial charge on any atom is 0.119 e. The zero-order valence-corrected chi connectivity index (χ0v) is 16.5. The third kappa shape index (κ3) is 2.78. The van der Waals surface area contributed by atoms with Gasteiger partial charge in [-0.3, -0.25) is 4.98 Å². The molecular weight excluding hydrogens is 348 g/mol. The summed E-state index contributed by atoms with van der Waals surface area (Å²) < 4.78 is 5.49. The number of likely N-dealkylation sites (tertiary alicyclic amines) is 1. The Kier molecular flexibility index (Phi) is 4.32. The summed E-state index contributed by atoms with van der Waals surface area (Å²) in [6.45, 7) is 6.63. The van der Waals surface area contributed by atoms with Crippen molar-refractivity contribution in [3.05, 3.63) is 42.2 Å². The van der Waals surface area contributed by atoms with Gasteiger partial charge in [0.15, 0.2) is 0 Å². The first-order valence-electron chi connectivity index (χ1n) is 10.1. The number of anilines is 1. The summed E-state index contributed by atoms with van der Waals surface area (Å²) in [6, 6.07) is 8.35. The van der Waals surface area contributed by atoms with Crippen LogP contribution in [0.4, 0.5) is 5.69 Å². The molecule has 2 aromatic carbocycles. The molecule has 28 heavy (non-hydrogen) atoms. The molecule has 0 saturated carbocycles. The van der Waals surface area contributed by atoms with Gasteiger partial charge in [0, 0.05) is 47.2 Å². The molecule has 5 rings (SSSR count). The van der Waals surface area contributed by atoms with Crippen LogP contribution in [0, 0.1) is 6.92 Å². The van der Waals surface area contributed by atoms with E-state index in [9.17, 15) is 0 Å². The molecule has 1 fully saturated rings. The second-order valence-corrected chi connectivity index (χ2v) is 7.68. The lowest BCUT2D eigenvalue weighted by molar-refractivity contribution is 0.353. The number of aromatic nitrogens is 2. The Morgan fingerprint density at radius 1 is 1.14 bits per heavy atom. The summed E-state index contributed by atoms with van der Waals surface area (Å²) in [7, 11) is 1.72. The largest absolute Gasteiger partial charge is 0.497 e. The van der Waals surface area contributed by atoms with Crippen molar-refractivity contribution in [2.75, 3.05) is 38.6 Å². The minimum atomic E-state index is 0.875. The van der Waals surface area contributed by atoms with Gasteiger partial charge < -0.3 is 19.9 Å². The first kappa shape index (κ1) is 17.3. The van der Waals surface area contributed by atoms with Crippen molar-refractivity contribution in [1.82, 2.24) is 14.9 Å². The standard InChI is InChI=1S/C23H26N4O/c1-15-17-7-8-24-14-19(17)23(25-9-12-27-10-3-4-11-27)21-18-13-16(28-2)5-6-20(18)26-22(15)21/h5-8,13-14,25-26H,3-4,9-12H2,1-2H3. The molecule has 5 heteroatoms. The van der Waals surface area contributed by atoms with Gasteiger partial charge in [-0.2, -0.15) is 0 Å². The Morgan fingerprint density at radius 2 is 2.00 bits per heavy atom. The smallest absolute Gasteiger partial charge is 0.119 e. The molecule has 0 amide bonds. The zero-order chi connectivity index (χ0) is 19.1. The predicted molar refractivity (Wildman–Crippen MR) is 117 cm³/mol. The molecule has 1 aliphatic heterocycles. The molecule has 0 spiro atoms. The van der Waals surface area contributed by atoms with Gasteiger partial charge in [0.05, 0.1) is 18.3 Å². The van der Waals surface area contributed by atoms with Crippen LogP contribution in [0.1, 0.15) is 18.4 Å². The number of methoxy groups -OCH3 is 1. The Morgan fingerprint density at radius 3 is 2.82 bits per heavy atom. The Bertz CT molecular complexity index is 1160. The van der Waals surface area contributed by atoms with Gasteiger partial charge in [0.1, 0.15) is 5.75 Å². The average molecular weight is 374 g/mol. The van der Waals surface area contributed by atoms with E-state index in [2.05, 4.69) is 45.3 Å². The van der Waals surface area contributed by atoms with Gasteiger partial charge in [-0.25, -0.2) is 0 Å². The number of hydrogen-bond acceptors (Lipinski definition) is 4. The minimum Gasteiger partial charge on any atom is -0.497 e. The number of aryl methyl sites for hydroxylation is 1. The molecule has 4 aromatic rings.